The van der Waals surface area contributed by atoms with E-state index in [2.05, 4.69) is 31.1 Å². The molecule has 2 nitrogen and oxygen atoms in total. The average molecular weight is 182 g/mol. The maximum atomic E-state index is 10.7. The molecule has 0 amide bonds. The molecule has 12 heavy (non-hydrogen) atoms. The molecule has 3 heteroatoms. The van der Waals surface area contributed by atoms with Gasteiger partial charge in [-0.25, -0.2) is 0 Å². The quantitative estimate of drug-likeness (QED) is 0.322. The summed E-state index contributed by atoms with van der Waals surface area (Å²) in [5, 5.41) is 0. The molecule has 0 unspecified atom stereocenters. The third kappa shape index (κ3) is 2.11. The third-order valence-electron chi connectivity index (χ3n) is 1.66. The number of ether oxygens (including phenoxy) is 1. The van der Waals surface area contributed by atoms with Crippen molar-refractivity contribution in [3.05, 3.63) is 0 Å². The lowest BCUT2D eigenvalue weighted by molar-refractivity contribution is -0.175. The molecule has 2 atom stereocenters. The van der Waals surface area contributed by atoms with Crippen molar-refractivity contribution in [2.75, 3.05) is 0 Å². The lowest BCUT2D eigenvalue weighted by Gasteiger charge is -2.28. The predicted molar refractivity (Wildman–Crippen MR) is 50.2 cm³/mol. The van der Waals surface area contributed by atoms with Crippen LogP contribution >= 0.6 is 0 Å². The Bertz CT molecular complexity index is 254. The first-order valence-corrected chi connectivity index (χ1v) is 7.63. The molecule has 1 heterocycles. The highest BCUT2D eigenvalue weighted by atomic mass is 28.3. The maximum absolute atomic E-state index is 10.7. The fraction of sp³-hybridized carbons (Fsp3) is 0.667. The summed E-state index contributed by atoms with van der Waals surface area (Å²) in [6.07, 6.45) is -0.135. The number of rotatable bonds is 0. The molecule has 0 aliphatic carbocycles. The highest BCUT2D eigenvalue weighted by Gasteiger charge is 2.37. The minimum absolute atomic E-state index is 0.0196. The van der Waals surface area contributed by atoms with Crippen LogP contribution < -0.4 is 0 Å². The van der Waals surface area contributed by atoms with Crippen molar-refractivity contribution in [2.24, 2.45) is 5.92 Å². The van der Waals surface area contributed by atoms with Crippen LogP contribution in [0.25, 0.3) is 0 Å². The van der Waals surface area contributed by atoms with Gasteiger partial charge in [0.2, 0.25) is 0 Å². The van der Waals surface area contributed by atoms with Crippen LogP contribution in [0.1, 0.15) is 6.92 Å². The highest BCUT2D eigenvalue weighted by molar-refractivity contribution is 6.83. The van der Waals surface area contributed by atoms with E-state index in [-0.39, 0.29) is 18.0 Å². The molecule has 0 bridgehead atoms. The largest absolute Gasteiger partial charge is 0.448 e. The normalized spacial score (nSPS) is 28.2. The van der Waals surface area contributed by atoms with Crippen LogP contribution in [0.15, 0.2) is 0 Å². The van der Waals surface area contributed by atoms with Crippen molar-refractivity contribution in [3.8, 4) is 11.5 Å². The van der Waals surface area contributed by atoms with Crippen LogP contribution in [-0.2, 0) is 9.53 Å². The van der Waals surface area contributed by atoms with Crippen molar-refractivity contribution in [3.63, 3.8) is 0 Å². The van der Waals surface area contributed by atoms with Crippen molar-refractivity contribution in [1.29, 1.82) is 0 Å². The zero-order valence-electron chi connectivity index (χ0n) is 7.97. The van der Waals surface area contributed by atoms with E-state index in [0.717, 1.165) is 0 Å². The maximum Gasteiger partial charge on any atom is 0.314 e. The first-order chi connectivity index (χ1) is 5.40. The molecule has 0 aromatic heterocycles. The zero-order chi connectivity index (χ0) is 9.35. The van der Waals surface area contributed by atoms with Crippen molar-refractivity contribution in [2.45, 2.75) is 32.7 Å². The molecule has 66 valence electrons. The summed E-state index contributed by atoms with van der Waals surface area (Å²) in [5.74, 6) is 2.87. The van der Waals surface area contributed by atoms with Gasteiger partial charge in [0.25, 0.3) is 0 Å². The summed E-state index contributed by atoms with van der Waals surface area (Å²) in [5.41, 5.74) is 3.19. The second kappa shape index (κ2) is 2.95. The van der Waals surface area contributed by atoms with E-state index in [1.165, 1.54) is 0 Å². The Morgan fingerprint density at radius 3 is 2.33 bits per heavy atom. The van der Waals surface area contributed by atoms with E-state index >= 15 is 0 Å². The van der Waals surface area contributed by atoms with Crippen LogP contribution in [-0.4, -0.2) is 20.1 Å². The SMILES string of the molecule is C[C@H]1C(=O)O[C@H]1C#C[Si](C)(C)C. The Kier molecular flexibility index (Phi) is 2.29. The van der Waals surface area contributed by atoms with Gasteiger partial charge in [0.05, 0.1) is 0 Å². The second-order valence-corrected chi connectivity index (χ2v) is 8.92. The Balaban J connectivity index is 2.52. The van der Waals surface area contributed by atoms with Gasteiger partial charge in [0, 0.05) is 0 Å². The molecule has 0 spiro atoms. The number of cyclic esters (lactones) is 1. The Morgan fingerprint density at radius 1 is 1.42 bits per heavy atom. The van der Waals surface area contributed by atoms with E-state index in [1.54, 1.807) is 0 Å². The lowest BCUT2D eigenvalue weighted by atomic mass is 10.0. The molecule has 0 N–H and O–H groups in total. The van der Waals surface area contributed by atoms with Gasteiger partial charge in [-0.2, -0.15) is 0 Å². The summed E-state index contributed by atoms with van der Waals surface area (Å²) in [6.45, 7) is 8.37. The number of carbonyl (C=O) groups is 1. The van der Waals surface area contributed by atoms with Gasteiger partial charge >= 0.3 is 5.97 Å². The number of esters is 1. The molecule has 0 radical (unpaired) electrons. The Morgan fingerprint density at radius 2 is 2.00 bits per heavy atom. The Labute approximate surface area is 74.3 Å². The van der Waals surface area contributed by atoms with Gasteiger partial charge < -0.3 is 4.74 Å². The smallest absolute Gasteiger partial charge is 0.314 e. The minimum atomic E-state index is -1.31. The first kappa shape index (κ1) is 9.34. The molecule has 1 saturated heterocycles. The average Bonchev–Trinajstić information content (AvgIpc) is 1.95. The monoisotopic (exact) mass is 182 g/mol. The predicted octanol–water partition coefficient (Wildman–Crippen LogP) is 1.43. The van der Waals surface area contributed by atoms with Crippen LogP contribution in [0.3, 0.4) is 0 Å². The van der Waals surface area contributed by atoms with Gasteiger partial charge in [-0.1, -0.05) is 25.6 Å². The van der Waals surface area contributed by atoms with Gasteiger partial charge in [-0.3, -0.25) is 4.79 Å². The summed E-state index contributed by atoms with van der Waals surface area (Å²) >= 11 is 0. The van der Waals surface area contributed by atoms with Crippen LogP contribution in [0, 0.1) is 17.4 Å². The van der Waals surface area contributed by atoms with E-state index in [4.69, 9.17) is 4.74 Å². The summed E-state index contributed by atoms with van der Waals surface area (Å²) < 4.78 is 4.86. The molecule has 1 aliphatic rings. The lowest BCUT2D eigenvalue weighted by Crippen LogP contribution is -2.42. The fourth-order valence-electron chi connectivity index (χ4n) is 0.828. The van der Waals surface area contributed by atoms with Gasteiger partial charge in [-0.05, 0) is 6.92 Å². The van der Waals surface area contributed by atoms with Crippen LogP contribution in [0.4, 0.5) is 0 Å². The second-order valence-electron chi connectivity index (χ2n) is 4.17. The van der Waals surface area contributed by atoms with Crippen LogP contribution in [0.2, 0.25) is 19.6 Å². The molecular weight excluding hydrogens is 168 g/mol. The standard InChI is InChI=1S/C9H14O2Si/c1-7-8(11-9(7)10)5-6-12(2,3)4/h7-8H,1-4H3/t7-,8+/m1/s1. The van der Waals surface area contributed by atoms with Crippen molar-refractivity contribution in [1.82, 2.24) is 0 Å². The number of hydrogen-bond donors (Lipinski definition) is 0. The fourth-order valence-corrected chi connectivity index (χ4v) is 1.40. The van der Waals surface area contributed by atoms with Gasteiger partial charge in [0.15, 0.2) is 6.10 Å². The van der Waals surface area contributed by atoms with E-state index in [0.29, 0.717) is 0 Å². The van der Waals surface area contributed by atoms with Crippen molar-refractivity contribution >= 4 is 14.0 Å². The topological polar surface area (TPSA) is 26.3 Å². The summed E-state index contributed by atoms with van der Waals surface area (Å²) in [7, 11) is -1.31. The van der Waals surface area contributed by atoms with E-state index < -0.39 is 8.07 Å². The molecule has 1 rings (SSSR count). The molecular formula is C9H14O2Si. The summed E-state index contributed by atoms with van der Waals surface area (Å²) in [4.78, 5) is 10.7. The van der Waals surface area contributed by atoms with E-state index in [9.17, 15) is 4.79 Å². The minimum Gasteiger partial charge on any atom is -0.448 e. The molecule has 1 fully saturated rings. The highest BCUT2D eigenvalue weighted by Crippen LogP contribution is 2.20. The molecule has 1 aliphatic heterocycles. The van der Waals surface area contributed by atoms with Gasteiger partial charge in [0.1, 0.15) is 14.0 Å². The molecule has 0 aromatic carbocycles. The summed E-state index contributed by atoms with van der Waals surface area (Å²) in [6, 6.07) is 0. The number of carbonyl (C=O) groups excluding carboxylic acids is 1. The molecule has 0 saturated carbocycles. The van der Waals surface area contributed by atoms with Gasteiger partial charge in [-0.15, -0.1) is 5.54 Å². The van der Waals surface area contributed by atoms with E-state index in [1.807, 2.05) is 6.92 Å². The van der Waals surface area contributed by atoms with Crippen molar-refractivity contribution < 1.29 is 9.53 Å². The third-order valence-corrected chi connectivity index (χ3v) is 2.55. The zero-order valence-corrected chi connectivity index (χ0v) is 8.97. The number of hydrogen-bond acceptors (Lipinski definition) is 2. The first-order valence-electron chi connectivity index (χ1n) is 4.13. The molecule has 0 aromatic rings. The Hall–Kier alpha value is -0.753. The van der Waals surface area contributed by atoms with Crippen LogP contribution in [0.5, 0.6) is 0 Å².